The van der Waals surface area contributed by atoms with Gasteiger partial charge < -0.3 is 14.9 Å². The Kier molecular flexibility index (Phi) is 3.96. The minimum absolute atomic E-state index is 0.202. The molecule has 0 radical (unpaired) electrons. The lowest BCUT2D eigenvalue weighted by Crippen LogP contribution is -2.45. The fourth-order valence-electron chi connectivity index (χ4n) is 2.56. The summed E-state index contributed by atoms with van der Waals surface area (Å²) in [6.07, 6.45) is 6.36. The summed E-state index contributed by atoms with van der Waals surface area (Å²) in [7, 11) is 0. The molecule has 21 heavy (non-hydrogen) atoms. The number of nitrogens with one attached hydrogen (secondary N) is 1. The quantitative estimate of drug-likeness (QED) is 0.898. The maximum Gasteiger partial charge on any atom is 0.273 e. The van der Waals surface area contributed by atoms with E-state index in [-0.39, 0.29) is 17.6 Å². The molecule has 1 aliphatic rings. The monoisotopic (exact) mass is 287 g/mol. The van der Waals surface area contributed by atoms with Crippen LogP contribution in [-0.2, 0) is 0 Å². The van der Waals surface area contributed by atoms with Gasteiger partial charge in [0.2, 0.25) is 0 Å². The zero-order valence-corrected chi connectivity index (χ0v) is 11.5. The average molecular weight is 287 g/mol. The molecular formula is C15H17N3O3. The Morgan fingerprint density at radius 1 is 1.29 bits per heavy atom. The van der Waals surface area contributed by atoms with Gasteiger partial charge in [-0.15, -0.1) is 0 Å². The van der Waals surface area contributed by atoms with Crippen LogP contribution in [0.15, 0.2) is 35.1 Å². The van der Waals surface area contributed by atoms with Crippen molar-refractivity contribution in [3.05, 3.63) is 36.3 Å². The highest BCUT2D eigenvalue weighted by atomic mass is 16.5. The summed E-state index contributed by atoms with van der Waals surface area (Å²) in [6.45, 7) is 0. The lowest BCUT2D eigenvalue weighted by atomic mass is 9.92. The molecule has 2 heterocycles. The summed E-state index contributed by atoms with van der Waals surface area (Å²) < 4.78 is 5.19. The minimum atomic E-state index is -0.478. The van der Waals surface area contributed by atoms with E-state index in [0.717, 1.165) is 31.2 Å². The van der Waals surface area contributed by atoms with Gasteiger partial charge in [-0.1, -0.05) is 18.0 Å². The number of aliphatic hydroxyl groups is 1. The largest absolute Gasteiger partial charge is 0.391 e. The molecular weight excluding hydrogens is 270 g/mol. The van der Waals surface area contributed by atoms with Gasteiger partial charge in [0, 0.05) is 24.0 Å². The van der Waals surface area contributed by atoms with Gasteiger partial charge in [-0.05, 0) is 25.0 Å². The van der Waals surface area contributed by atoms with Gasteiger partial charge in [-0.3, -0.25) is 9.78 Å². The summed E-state index contributed by atoms with van der Waals surface area (Å²) in [5, 5.41) is 16.5. The molecule has 2 atom stereocenters. The van der Waals surface area contributed by atoms with Gasteiger partial charge in [0.05, 0.1) is 12.1 Å². The number of hydrogen-bond donors (Lipinski definition) is 2. The normalized spacial score (nSPS) is 22.0. The standard InChI is InChI=1S/C15H17N3O3/c19-13-4-2-1-3-11(13)17-15(20)12-9-14(21-18-12)10-5-7-16-8-6-10/h5-9,11,13,19H,1-4H2,(H,17,20). The second-order valence-electron chi connectivity index (χ2n) is 5.24. The number of carbonyl (C=O) groups is 1. The number of rotatable bonds is 3. The first kappa shape index (κ1) is 13.8. The average Bonchev–Trinajstić information content (AvgIpc) is 3.00. The van der Waals surface area contributed by atoms with E-state index in [1.807, 2.05) is 0 Å². The fourth-order valence-corrected chi connectivity index (χ4v) is 2.56. The van der Waals surface area contributed by atoms with Crippen LogP contribution in [0, 0.1) is 0 Å². The van der Waals surface area contributed by atoms with Gasteiger partial charge in [-0.2, -0.15) is 0 Å². The van der Waals surface area contributed by atoms with Gasteiger partial charge >= 0.3 is 0 Å². The number of pyridine rings is 1. The van der Waals surface area contributed by atoms with E-state index in [1.54, 1.807) is 30.6 Å². The third kappa shape index (κ3) is 3.11. The van der Waals surface area contributed by atoms with Crippen LogP contribution in [-0.4, -0.2) is 33.3 Å². The summed E-state index contributed by atoms with van der Waals surface area (Å²) in [5.74, 6) is 0.205. The first-order valence-corrected chi connectivity index (χ1v) is 7.10. The first-order chi connectivity index (χ1) is 10.2. The predicted octanol–water partition coefficient (Wildman–Crippen LogP) is 1.77. The number of aromatic nitrogens is 2. The molecule has 1 amide bonds. The van der Waals surface area contributed by atoms with E-state index in [0.29, 0.717) is 5.76 Å². The van der Waals surface area contributed by atoms with Crippen LogP contribution in [0.25, 0.3) is 11.3 Å². The van der Waals surface area contributed by atoms with E-state index >= 15 is 0 Å². The topological polar surface area (TPSA) is 88.2 Å². The van der Waals surface area contributed by atoms with E-state index in [1.165, 1.54) is 0 Å². The van der Waals surface area contributed by atoms with Crippen molar-refractivity contribution in [1.29, 1.82) is 0 Å². The molecule has 2 aromatic heterocycles. The Bertz CT molecular complexity index is 612. The number of nitrogens with zero attached hydrogens (tertiary/aromatic N) is 2. The fraction of sp³-hybridized carbons (Fsp3) is 0.400. The lowest BCUT2D eigenvalue weighted by molar-refractivity contribution is 0.0711. The second kappa shape index (κ2) is 6.05. The third-order valence-electron chi connectivity index (χ3n) is 3.75. The van der Waals surface area contributed by atoms with Gasteiger partial charge in [0.15, 0.2) is 11.5 Å². The second-order valence-corrected chi connectivity index (χ2v) is 5.24. The van der Waals surface area contributed by atoms with Crippen LogP contribution in [0.5, 0.6) is 0 Å². The van der Waals surface area contributed by atoms with Crippen molar-refractivity contribution in [2.24, 2.45) is 0 Å². The van der Waals surface area contributed by atoms with Crippen LogP contribution in [0.2, 0.25) is 0 Å². The zero-order valence-electron chi connectivity index (χ0n) is 11.5. The predicted molar refractivity (Wildman–Crippen MR) is 75.5 cm³/mol. The van der Waals surface area contributed by atoms with Crippen molar-refractivity contribution >= 4 is 5.91 Å². The van der Waals surface area contributed by atoms with E-state index < -0.39 is 6.10 Å². The Balaban J connectivity index is 1.69. The highest BCUT2D eigenvalue weighted by Gasteiger charge is 2.26. The Hall–Kier alpha value is -2.21. The zero-order chi connectivity index (χ0) is 14.7. The lowest BCUT2D eigenvalue weighted by Gasteiger charge is -2.27. The molecule has 6 heteroatoms. The van der Waals surface area contributed by atoms with E-state index in [4.69, 9.17) is 4.52 Å². The number of aliphatic hydroxyl groups excluding tert-OH is 1. The molecule has 1 aliphatic carbocycles. The van der Waals surface area contributed by atoms with Gasteiger partial charge in [-0.25, -0.2) is 0 Å². The van der Waals surface area contributed by atoms with Crippen molar-refractivity contribution in [2.75, 3.05) is 0 Å². The maximum atomic E-state index is 12.1. The third-order valence-corrected chi connectivity index (χ3v) is 3.75. The maximum absolute atomic E-state index is 12.1. The smallest absolute Gasteiger partial charge is 0.273 e. The van der Waals surface area contributed by atoms with Crippen molar-refractivity contribution in [3.8, 4) is 11.3 Å². The number of hydrogen-bond acceptors (Lipinski definition) is 5. The molecule has 2 aromatic rings. The highest BCUT2D eigenvalue weighted by molar-refractivity contribution is 5.93. The molecule has 3 rings (SSSR count). The minimum Gasteiger partial charge on any atom is -0.391 e. The number of carbonyl (C=O) groups excluding carboxylic acids is 1. The van der Waals surface area contributed by atoms with Crippen LogP contribution < -0.4 is 5.32 Å². The molecule has 1 saturated carbocycles. The molecule has 0 bridgehead atoms. The molecule has 0 spiro atoms. The SMILES string of the molecule is O=C(NC1CCCCC1O)c1cc(-c2ccncc2)on1. The summed E-state index contributed by atoms with van der Waals surface area (Å²) in [4.78, 5) is 16.1. The van der Waals surface area contributed by atoms with Gasteiger partial charge in [0.1, 0.15) is 0 Å². The molecule has 0 aliphatic heterocycles. The first-order valence-electron chi connectivity index (χ1n) is 7.10. The highest BCUT2D eigenvalue weighted by Crippen LogP contribution is 2.21. The molecule has 1 fully saturated rings. The molecule has 2 unspecified atom stereocenters. The summed E-state index contributed by atoms with van der Waals surface area (Å²) in [5.41, 5.74) is 1.04. The van der Waals surface area contributed by atoms with Crippen molar-refractivity contribution in [3.63, 3.8) is 0 Å². The van der Waals surface area contributed by atoms with Crippen molar-refractivity contribution in [1.82, 2.24) is 15.5 Å². The van der Waals surface area contributed by atoms with E-state index in [9.17, 15) is 9.90 Å². The summed E-state index contributed by atoms with van der Waals surface area (Å²) in [6, 6.07) is 4.97. The van der Waals surface area contributed by atoms with E-state index in [2.05, 4.69) is 15.5 Å². The Labute approximate surface area is 122 Å². The van der Waals surface area contributed by atoms with Gasteiger partial charge in [0.25, 0.3) is 5.91 Å². The molecule has 110 valence electrons. The van der Waals surface area contributed by atoms with Crippen molar-refractivity contribution < 1.29 is 14.4 Å². The Morgan fingerprint density at radius 3 is 2.81 bits per heavy atom. The number of amides is 1. The molecule has 2 N–H and O–H groups in total. The Morgan fingerprint density at radius 2 is 2.05 bits per heavy atom. The van der Waals surface area contributed by atoms with Crippen LogP contribution in [0.1, 0.15) is 36.2 Å². The molecule has 0 saturated heterocycles. The summed E-state index contributed by atoms with van der Waals surface area (Å²) >= 11 is 0. The van der Waals surface area contributed by atoms with Crippen molar-refractivity contribution in [2.45, 2.75) is 37.8 Å². The van der Waals surface area contributed by atoms with Crippen LogP contribution in [0.3, 0.4) is 0 Å². The molecule has 0 aromatic carbocycles. The van der Waals surface area contributed by atoms with Crippen LogP contribution >= 0.6 is 0 Å². The molecule has 6 nitrogen and oxygen atoms in total. The van der Waals surface area contributed by atoms with Crippen LogP contribution in [0.4, 0.5) is 0 Å².